The Bertz CT molecular complexity index is 406. The zero-order chi connectivity index (χ0) is 9.97. The van der Waals surface area contributed by atoms with Crippen LogP contribution >= 0.6 is 0 Å². The molecule has 2 rings (SSSR count). The molecular formula is C12H14N2+2. The molecule has 0 N–H and O–H groups in total. The lowest BCUT2D eigenvalue weighted by atomic mass is 10.2. The Hall–Kier alpha value is -1.70. The molecule has 0 saturated heterocycles. The molecule has 0 radical (unpaired) electrons. The molecule has 0 aromatic carbocycles. The summed E-state index contributed by atoms with van der Waals surface area (Å²) in [6.45, 7) is 0. The maximum atomic E-state index is 2.12. The number of aryl methyl sites for hydroxylation is 2. The summed E-state index contributed by atoms with van der Waals surface area (Å²) in [4.78, 5) is 0. The van der Waals surface area contributed by atoms with E-state index in [1.165, 1.54) is 11.4 Å². The fourth-order valence-electron chi connectivity index (χ4n) is 1.58. The van der Waals surface area contributed by atoms with Crippen LogP contribution in [-0.4, -0.2) is 0 Å². The van der Waals surface area contributed by atoms with Crippen LogP contribution in [0.3, 0.4) is 0 Å². The van der Waals surface area contributed by atoms with Crippen LogP contribution < -0.4 is 9.13 Å². The van der Waals surface area contributed by atoms with Crippen molar-refractivity contribution in [3.63, 3.8) is 0 Å². The number of rotatable bonds is 1. The smallest absolute Gasteiger partial charge is 0.196 e. The summed E-state index contributed by atoms with van der Waals surface area (Å²) < 4.78 is 4.24. The second kappa shape index (κ2) is 3.58. The molecule has 0 aliphatic carbocycles. The minimum atomic E-state index is 1.22. The number of hydrogen-bond donors (Lipinski definition) is 0. The minimum Gasteiger partial charge on any atom is -0.196 e. The molecule has 0 spiro atoms. The summed E-state index contributed by atoms with van der Waals surface area (Å²) >= 11 is 0. The highest BCUT2D eigenvalue weighted by Gasteiger charge is 2.16. The van der Waals surface area contributed by atoms with Crippen LogP contribution in [0.4, 0.5) is 0 Å². The Morgan fingerprint density at radius 1 is 0.714 bits per heavy atom. The number of nitrogens with zero attached hydrogens (tertiary/aromatic N) is 2. The second-order valence-electron chi connectivity index (χ2n) is 3.39. The third-order valence-electron chi connectivity index (χ3n) is 2.37. The first kappa shape index (κ1) is 8.88. The van der Waals surface area contributed by atoms with Crippen LogP contribution in [0.1, 0.15) is 0 Å². The third kappa shape index (κ3) is 1.51. The van der Waals surface area contributed by atoms with Crippen molar-refractivity contribution in [2.45, 2.75) is 0 Å². The van der Waals surface area contributed by atoms with Gasteiger partial charge in [-0.05, 0) is 12.1 Å². The molecule has 2 aromatic rings. The molecular weight excluding hydrogens is 172 g/mol. The molecule has 0 amide bonds. The second-order valence-corrected chi connectivity index (χ2v) is 3.39. The van der Waals surface area contributed by atoms with Crippen molar-refractivity contribution in [3.8, 4) is 11.4 Å². The summed E-state index contributed by atoms with van der Waals surface area (Å²) in [6.07, 6.45) is 4.12. The predicted molar refractivity (Wildman–Crippen MR) is 54.2 cm³/mol. The van der Waals surface area contributed by atoms with Crippen LogP contribution in [0.5, 0.6) is 0 Å². The maximum Gasteiger partial charge on any atom is 0.277 e. The van der Waals surface area contributed by atoms with E-state index in [9.17, 15) is 0 Å². The van der Waals surface area contributed by atoms with Crippen LogP contribution in [0.25, 0.3) is 11.4 Å². The van der Waals surface area contributed by atoms with Gasteiger partial charge in [-0.25, -0.2) is 0 Å². The lowest BCUT2D eigenvalue weighted by Crippen LogP contribution is -2.37. The Labute approximate surface area is 84.1 Å². The monoisotopic (exact) mass is 186 g/mol. The zero-order valence-electron chi connectivity index (χ0n) is 8.51. The zero-order valence-corrected chi connectivity index (χ0v) is 8.51. The highest BCUT2D eigenvalue weighted by molar-refractivity contribution is 5.45. The van der Waals surface area contributed by atoms with Gasteiger partial charge in [0.25, 0.3) is 11.4 Å². The standard InChI is InChI=1S/C12H14N2/c1-13-9-5-3-7-11(13)12-8-4-6-10-14(12)2/h3-10H,1-2H3/q+2. The molecule has 0 aliphatic rings. The van der Waals surface area contributed by atoms with E-state index in [-0.39, 0.29) is 0 Å². The molecule has 70 valence electrons. The molecule has 2 heteroatoms. The Morgan fingerprint density at radius 3 is 1.50 bits per heavy atom. The van der Waals surface area contributed by atoms with E-state index >= 15 is 0 Å². The Balaban J connectivity index is 2.61. The van der Waals surface area contributed by atoms with Gasteiger partial charge in [-0.15, -0.1) is 0 Å². The summed E-state index contributed by atoms with van der Waals surface area (Å²) in [5.41, 5.74) is 2.44. The van der Waals surface area contributed by atoms with Gasteiger partial charge in [0.1, 0.15) is 14.1 Å². The fourth-order valence-corrected chi connectivity index (χ4v) is 1.58. The summed E-state index contributed by atoms with van der Waals surface area (Å²) in [6, 6.07) is 12.4. The molecule has 0 bridgehead atoms. The summed E-state index contributed by atoms with van der Waals surface area (Å²) in [7, 11) is 4.12. The quantitative estimate of drug-likeness (QED) is 0.587. The molecule has 0 fully saturated rings. The lowest BCUT2D eigenvalue weighted by molar-refractivity contribution is -0.690. The molecule has 2 heterocycles. The number of pyridine rings is 2. The van der Waals surface area contributed by atoms with Gasteiger partial charge >= 0.3 is 0 Å². The highest BCUT2D eigenvalue weighted by Crippen LogP contribution is 2.07. The number of hydrogen-bond acceptors (Lipinski definition) is 0. The van der Waals surface area contributed by atoms with Crippen molar-refractivity contribution in [2.75, 3.05) is 0 Å². The van der Waals surface area contributed by atoms with Crippen LogP contribution in [-0.2, 0) is 14.1 Å². The molecule has 0 unspecified atom stereocenters. The van der Waals surface area contributed by atoms with E-state index < -0.39 is 0 Å². The van der Waals surface area contributed by atoms with Gasteiger partial charge in [-0.3, -0.25) is 0 Å². The molecule has 2 nitrogen and oxygen atoms in total. The van der Waals surface area contributed by atoms with Crippen molar-refractivity contribution in [2.24, 2.45) is 14.1 Å². The maximum absolute atomic E-state index is 2.12. The molecule has 0 saturated carbocycles. The molecule has 2 aromatic heterocycles. The van der Waals surface area contributed by atoms with Crippen LogP contribution in [0.15, 0.2) is 48.8 Å². The van der Waals surface area contributed by atoms with E-state index in [4.69, 9.17) is 0 Å². The van der Waals surface area contributed by atoms with Crippen LogP contribution in [0.2, 0.25) is 0 Å². The first-order valence-electron chi connectivity index (χ1n) is 4.69. The molecule has 0 atom stereocenters. The fraction of sp³-hybridized carbons (Fsp3) is 0.167. The van der Waals surface area contributed by atoms with E-state index in [2.05, 4.69) is 59.9 Å². The van der Waals surface area contributed by atoms with Crippen molar-refractivity contribution in [1.82, 2.24) is 0 Å². The van der Waals surface area contributed by atoms with E-state index in [0.29, 0.717) is 0 Å². The predicted octanol–water partition coefficient (Wildman–Crippen LogP) is 1.00. The van der Waals surface area contributed by atoms with Crippen molar-refractivity contribution in [3.05, 3.63) is 48.8 Å². The largest absolute Gasteiger partial charge is 0.277 e. The first-order chi connectivity index (χ1) is 6.79. The van der Waals surface area contributed by atoms with Crippen molar-refractivity contribution < 1.29 is 9.13 Å². The van der Waals surface area contributed by atoms with Gasteiger partial charge in [0.15, 0.2) is 12.4 Å². The van der Waals surface area contributed by atoms with Gasteiger partial charge in [0, 0.05) is 24.3 Å². The van der Waals surface area contributed by atoms with Crippen molar-refractivity contribution in [1.29, 1.82) is 0 Å². The van der Waals surface area contributed by atoms with Gasteiger partial charge in [0.05, 0.1) is 0 Å². The molecule has 0 aliphatic heterocycles. The summed E-state index contributed by atoms with van der Waals surface area (Å²) in [5, 5.41) is 0. The normalized spacial score (nSPS) is 10.1. The third-order valence-corrected chi connectivity index (χ3v) is 2.37. The highest BCUT2D eigenvalue weighted by atomic mass is 15.0. The SMILES string of the molecule is C[n+]1ccccc1-c1cccc[n+]1C. The summed E-state index contributed by atoms with van der Waals surface area (Å²) in [5.74, 6) is 0. The van der Waals surface area contributed by atoms with Crippen molar-refractivity contribution >= 4 is 0 Å². The minimum absolute atomic E-state index is 1.22. The number of aromatic nitrogens is 2. The van der Waals surface area contributed by atoms with Gasteiger partial charge in [-0.1, -0.05) is 0 Å². The lowest BCUT2D eigenvalue weighted by Gasteiger charge is -1.97. The average Bonchev–Trinajstić information content (AvgIpc) is 2.20. The van der Waals surface area contributed by atoms with Gasteiger partial charge in [-0.2, -0.15) is 9.13 Å². The van der Waals surface area contributed by atoms with E-state index in [1.807, 2.05) is 12.1 Å². The first-order valence-corrected chi connectivity index (χ1v) is 4.69. The van der Waals surface area contributed by atoms with E-state index in [1.54, 1.807) is 0 Å². The van der Waals surface area contributed by atoms with Crippen LogP contribution in [0, 0.1) is 0 Å². The van der Waals surface area contributed by atoms with Gasteiger partial charge < -0.3 is 0 Å². The average molecular weight is 186 g/mol. The Kier molecular flexibility index (Phi) is 2.27. The van der Waals surface area contributed by atoms with E-state index in [0.717, 1.165) is 0 Å². The topological polar surface area (TPSA) is 7.76 Å². The van der Waals surface area contributed by atoms with Gasteiger partial charge in [0.2, 0.25) is 0 Å². The molecule has 14 heavy (non-hydrogen) atoms. The Morgan fingerprint density at radius 2 is 1.14 bits per heavy atom.